The van der Waals surface area contributed by atoms with Crippen molar-refractivity contribution in [2.75, 3.05) is 37.7 Å². The Bertz CT molecular complexity index is 1260. The molecular formula is C29H28FN3O3. The van der Waals surface area contributed by atoms with Gasteiger partial charge in [-0.15, -0.1) is 0 Å². The number of hydrogen-bond donors (Lipinski definition) is 0. The van der Waals surface area contributed by atoms with Gasteiger partial charge in [-0.05, 0) is 60.5 Å². The Morgan fingerprint density at radius 1 is 0.972 bits per heavy atom. The molecule has 0 radical (unpaired) electrons. The number of ether oxygens (including phenoxy) is 2. The molecule has 0 unspecified atom stereocenters. The minimum Gasteiger partial charge on any atom is -0.490 e. The summed E-state index contributed by atoms with van der Waals surface area (Å²) in [6, 6.07) is 23.6. The van der Waals surface area contributed by atoms with Crippen molar-refractivity contribution in [1.82, 2.24) is 4.90 Å². The van der Waals surface area contributed by atoms with Crippen LogP contribution in [0.3, 0.4) is 0 Å². The number of halogens is 1. The van der Waals surface area contributed by atoms with Crippen LogP contribution in [-0.2, 0) is 11.4 Å². The Morgan fingerprint density at radius 2 is 1.75 bits per heavy atom. The van der Waals surface area contributed by atoms with Gasteiger partial charge in [0.15, 0.2) is 11.5 Å². The van der Waals surface area contributed by atoms with Gasteiger partial charge in [0, 0.05) is 31.9 Å². The number of rotatable bonds is 8. The number of piperazine rings is 1. The molecule has 1 heterocycles. The number of nitriles is 1. The fourth-order valence-corrected chi connectivity index (χ4v) is 4.08. The Hall–Kier alpha value is -4.31. The summed E-state index contributed by atoms with van der Waals surface area (Å²) in [7, 11) is 0. The first-order chi connectivity index (χ1) is 17.6. The minimum absolute atomic E-state index is 0.0686. The molecule has 1 fully saturated rings. The largest absolute Gasteiger partial charge is 0.490 e. The lowest BCUT2D eigenvalue weighted by Gasteiger charge is -2.36. The van der Waals surface area contributed by atoms with E-state index in [-0.39, 0.29) is 23.9 Å². The maximum atomic E-state index is 13.5. The van der Waals surface area contributed by atoms with Crippen molar-refractivity contribution in [3.63, 3.8) is 0 Å². The van der Waals surface area contributed by atoms with E-state index in [1.54, 1.807) is 41.3 Å². The quantitative estimate of drug-likeness (QED) is 0.330. The second-order valence-corrected chi connectivity index (χ2v) is 8.34. The van der Waals surface area contributed by atoms with Gasteiger partial charge < -0.3 is 19.3 Å². The number of para-hydroxylation sites is 1. The van der Waals surface area contributed by atoms with Crippen molar-refractivity contribution in [1.29, 1.82) is 5.26 Å². The third-order valence-electron chi connectivity index (χ3n) is 5.90. The van der Waals surface area contributed by atoms with Crippen molar-refractivity contribution < 1.29 is 18.7 Å². The minimum atomic E-state index is -0.322. The van der Waals surface area contributed by atoms with E-state index in [1.807, 2.05) is 25.1 Å². The summed E-state index contributed by atoms with van der Waals surface area (Å²) in [5.41, 5.74) is 2.55. The molecule has 3 aromatic rings. The van der Waals surface area contributed by atoms with E-state index in [1.165, 1.54) is 12.1 Å². The highest BCUT2D eigenvalue weighted by Crippen LogP contribution is 2.30. The van der Waals surface area contributed by atoms with Crippen LogP contribution in [0.4, 0.5) is 10.1 Å². The molecule has 0 saturated carbocycles. The van der Waals surface area contributed by atoms with Crippen LogP contribution in [0.2, 0.25) is 0 Å². The zero-order valence-corrected chi connectivity index (χ0v) is 20.2. The molecule has 1 amide bonds. The average molecular weight is 486 g/mol. The zero-order chi connectivity index (χ0) is 25.3. The van der Waals surface area contributed by atoms with Gasteiger partial charge in [0.2, 0.25) is 0 Å². The molecule has 0 aromatic heterocycles. The fourth-order valence-electron chi connectivity index (χ4n) is 4.08. The highest BCUT2D eigenvalue weighted by Gasteiger charge is 2.24. The molecular weight excluding hydrogens is 457 g/mol. The molecule has 4 rings (SSSR count). The summed E-state index contributed by atoms with van der Waals surface area (Å²) in [6.07, 6.45) is 1.57. The normalized spacial score (nSPS) is 13.8. The second kappa shape index (κ2) is 11.9. The molecule has 0 atom stereocenters. The predicted octanol–water partition coefficient (Wildman–Crippen LogP) is 5.06. The first-order valence-corrected chi connectivity index (χ1v) is 11.9. The van der Waals surface area contributed by atoms with Crippen LogP contribution in [-0.4, -0.2) is 43.6 Å². The number of nitrogens with zero attached hydrogens (tertiary/aromatic N) is 3. The van der Waals surface area contributed by atoms with Crippen LogP contribution >= 0.6 is 0 Å². The molecule has 0 spiro atoms. The molecule has 1 aliphatic rings. The monoisotopic (exact) mass is 485 g/mol. The standard InChI is InChI=1S/C29H28FN3O3/c1-2-35-28-19-22(11-12-27(28)36-21-23-7-6-8-25(30)18-23)17-24(20-31)29(34)33-15-13-32(14-16-33)26-9-4-3-5-10-26/h3-12,17-19H,2,13-16,21H2,1H3/b24-17-. The highest BCUT2D eigenvalue weighted by molar-refractivity contribution is 6.01. The summed E-state index contributed by atoms with van der Waals surface area (Å²) in [4.78, 5) is 17.0. The van der Waals surface area contributed by atoms with E-state index >= 15 is 0 Å². The van der Waals surface area contributed by atoms with Crippen molar-refractivity contribution in [2.24, 2.45) is 0 Å². The Kier molecular flexibility index (Phi) is 8.20. The number of carbonyl (C=O) groups excluding carboxylic acids is 1. The Balaban J connectivity index is 1.44. The molecule has 1 saturated heterocycles. The van der Waals surface area contributed by atoms with E-state index in [2.05, 4.69) is 23.1 Å². The molecule has 1 aliphatic heterocycles. The average Bonchev–Trinajstić information content (AvgIpc) is 2.92. The zero-order valence-electron chi connectivity index (χ0n) is 20.2. The van der Waals surface area contributed by atoms with Gasteiger partial charge in [-0.25, -0.2) is 4.39 Å². The van der Waals surface area contributed by atoms with Gasteiger partial charge in [0.1, 0.15) is 24.1 Å². The predicted molar refractivity (Wildman–Crippen MR) is 137 cm³/mol. The van der Waals surface area contributed by atoms with Crippen LogP contribution in [0, 0.1) is 17.1 Å². The van der Waals surface area contributed by atoms with Crippen LogP contribution < -0.4 is 14.4 Å². The summed E-state index contributed by atoms with van der Waals surface area (Å²) in [5, 5.41) is 9.72. The number of benzene rings is 3. The van der Waals surface area contributed by atoms with Crippen LogP contribution in [0.25, 0.3) is 6.08 Å². The van der Waals surface area contributed by atoms with E-state index < -0.39 is 0 Å². The fraction of sp³-hybridized carbons (Fsp3) is 0.241. The van der Waals surface area contributed by atoms with Crippen molar-refractivity contribution in [2.45, 2.75) is 13.5 Å². The number of anilines is 1. The lowest BCUT2D eigenvalue weighted by molar-refractivity contribution is -0.126. The van der Waals surface area contributed by atoms with Gasteiger partial charge in [-0.1, -0.05) is 36.4 Å². The van der Waals surface area contributed by atoms with Crippen molar-refractivity contribution in [3.8, 4) is 17.6 Å². The molecule has 36 heavy (non-hydrogen) atoms. The summed E-state index contributed by atoms with van der Waals surface area (Å²) in [6.45, 7) is 4.97. The molecule has 0 aliphatic carbocycles. The summed E-state index contributed by atoms with van der Waals surface area (Å²) < 4.78 is 25.0. The van der Waals surface area contributed by atoms with Gasteiger partial charge in [-0.2, -0.15) is 5.26 Å². The maximum absolute atomic E-state index is 13.5. The van der Waals surface area contributed by atoms with Crippen LogP contribution in [0.1, 0.15) is 18.1 Å². The third-order valence-corrected chi connectivity index (χ3v) is 5.90. The third kappa shape index (κ3) is 6.22. The van der Waals surface area contributed by atoms with Gasteiger partial charge in [0.05, 0.1) is 6.61 Å². The molecule has 3 aromatic carbocycles. The Labute approximate surface area is 210 Å². The molecule has 184 valence electrons. The van der Waals surface area contributed by atoms with Crippen molar-refractivity contribution in [3.05, 3.63) is 95.3 Å². The van der Waals surface area contributed by atoms with Gasteiger partial charge >= 0.3 is 0 Å². The lowest BCUT2D eigenvalue weighted by Crippen LogP contribution is -2.49. The number of amides is 1. The van der Waals surface area contributed by atoms with Gasteiger partial charge in [0.25, 0.3) is 5.91 Å². The topological polar surface area (TPSA) is 65.8 Å². The second-order valence-electron chi connectivity index (χ2n) is 8.34. The smallest absolute Gasteiger partial charge is 0.264 e. The van der Waals surface area contributed by atoms with E-state index in [9.17, 15) is 14.4 Å². The first kappa shape index (κ1) is 24.8. The van der Waals surface area contributed by atoms with E-state index in [0.717, 1.165) is 5.69 Å². The van der Waals surface area contributed by atoms with Gasteiger partial charge in [-0.3, -0.25) is 4.79 Å². The van der Waals surface area contributed by atoms with E-state index in [4.69, 9.17) is 9.47 Å². The summed E-state index contributed by atoms with van der Waals surface area (Å²) in [5.74, 6) is 0.385. The van der Waals surface area contributed by atoms with Crippen LogP contribution in [0.15, 0.2) is 78.4 Å². The molecule has 7 heteroatoms. The maximum Gasteiger partial charge on any atom is 0.264 e. The summed E-state index contributed by atoms with van der Waals surface area (Å²) >= 11 is 0. The van der Waals surface area contributed by atoms with E-state index in [0.29, 0.717) is 55.4 Å². The molecule has 6 nitrogen and oxygen atoms in total. The number of carbonyl (C=O) groups is 1. The Morgan fingerprint density at radius 3 is 2.44 bits per heavy atom. The molecule has 0 bridgehead atoms. The SMILES string of the molecule is CCOc1cc(/C=C(/C#N)C(=O)N2CCN(c3ccccc3)CC2)ccc1OCc1cccc(F)c1. The lowest BCUT2D eigenvalue weighted by atomic mass is 10.1. The first-order valence-electron chi connectivity index (χ1n) is 11.9. The van der Waals surface area contributed by atoms with Crippen molar-refractivity contribution >= 4 is 17.7 Å². The highest BCUT2D eigenvalue weighted by atomic mass is 19.1. The number of hydrogen-bond acceptors (Lipinski definition) is 5. The van der Waals surface area contributed by atoms with Crippen LogP contribution in [0.5, 0.6) is 11.5 Å². The molecule has 0 N–H and O–H groups in total.